The maximum atomic E-state index is 12.0. The van der Waals surface area contributed by atoms with E-state index in [1.807, 2.05) is 6.07 Å². The molecule has 0 radical (unpaired) electrons. The molecule has 3 rings (SSSR count). The van der Waals surface area contributed by atoms with Crippen molar-refractivity contribution in [1.82, 2.24) is 0 Å². The van der Waals surface area contributed by atoms with Crippen LogP contribution < -0.4 is 10.2 Å². The highest BCUT2D eigenvalue weighted by Crippen LogP contribution is 2.27. The average molecular weight is 294 g/mol. The molecule has 0 aliphatic rings. The lowest BCUT2D eigenvalue weighted by Crippen LogP contribution is -1.99. The van der Waals surface area contributed by atoms with E-state index in [4.69, 9.17) is 9.15 Å². The molecule has 0 atom stereocenters. The molecule has 4 nitrogen and oxygen atoms in total. The van der Waals surface area contributed by atoms with Gasteiger partial charge in [0.05, 0.1) is 12.5 Å². The second kappa shape index (κ2) is 5.77. The third kappa shape index (κ3) is 2.72. The van der Waals surface area contributed by atoms with Crippen LogP contribution in [0.15, 0.2) is 57.7 Å². The fourth-order valence-corrected chi connectivity index (χ4v) is 2.18. The Bertz CT molecular complexity index is 906. The van der Waals surface area contributed by atoms with E-state index in [2.05, 4.69) is 0 Å². The first-order valence-corrected chi connectivity index (χ1v) is 6.75. The van der Waals surface area contributed by atoms with Crippen molar-refractivity contribution in [3.8, 4) is 11.5 Å². The Kier molecular flexibility index (Phi) is 3.66. The molecule has 0 fully saturated rings. The average Bonchev–Trinajstić information content (AvgIpc) is 2.54. The van der Waals surface area contributed by atoms with Crippen LogP contribution in [-0.2, 0) is 0 Å². The largest absolute Gasteiger partial charge is 0.504 e. The van der Waals surface area contributed by atoms with Gasteiger partial charge >= 0.3 is 0 Å². The molecule has 0 saturated heterocycles. The van der Waals surface area contributed by atoms with E-state index < -0.39 is 0 Å². The summed E-state index contributed by atoms with van der Waals surface area (Å²) in [5, 5.41) is 10.1. The second-order valence-corrected chi connectivity index (χ2v) is 4.77. The molecule has 0 spiro atoms. The van der Waals surface area contributed by atoms with Crippen LogP contribution in [0.1, 0.15) is 11.3 Å². The maximum Gasteiger partial charge on any atom is 0.193 e. The van der Waals surface area contributed by atoms with Crippen molar-refractivity contribution in [2.24, 2.45) is 0 Å². The first-order chi connectivity index (χ1) is 10.7. The Morgan fingerprint density at radius 3 is 2.73 bits per heavy atom. The molecule has 3 aromatic rings. The molecular weight excluding hydrogens is 280 g/mol. The van der Waals surface area contributed by atoms with Crippen molar-refractivity contribution < 1.29 is 14.3 Å². The van der Waals surface area contributed by atoms with Crippen LogP contribution in [0.5, 0.6) is 11.5 Å². The van der Waals surface area contributed by atoms with Gasteiger partial charge in [-0.05, 0) is 35.9 Å². The van der Waals surface area contributed by atoms with E-state index in [0.29, 0.717) is 22.5 Å². The van der Waals surface area contributed by atoms with E-state index in [1.54, 1.807) is 48.6 Å². The summed E-state index contributed by atoms with van der Waals surface area (Å²) >= 11 is 0. The number of methoxy groups -OCH3 is 1. The Hall–Kier alpha value is -3.01. The van der Waals surface area contributed by atoms with Crippen molar-refractivity contribution in [3.63, 3.8) is 0 Å². The van der Waals surface area contributed by atoms with Crippen LogP contribution in [0.2, 0.25) is 0 Å². The molecule has 1 heterocycles. The lowest BCUT2D eigenvalue weighted by atomic mass is 10.1. The highest BCUT2D eigenvalue weighted by molar-refractivity contribution is 5.78. The van der Waals surface area contributed by atoms with Crippen molar-refractivity contribution in [2.75, 3.05) is 7.11 Å². The van der Waals surface area contributed by atoms with Gasteiger partial charge < -0.3 is 14.3 Å². The zero-order chi connectivity index (χ0) is 15.5. The Morgan fingerprint density at radius 1 is 1.09 bits per heavy atom. The van der Waals surface area contributed by atoms with E-state index >= 15 is 0 Å². The van der Waals surface area contributed by atoms with Crippen molar-refractivity contribution in [2.45, 2.75) is 0 Å². The fraction of sp³-hybridized carbons (Fsp3) is 0.0556. The third-order valence-electron chi connectivity index (χ3n) is 3.30. The quantitative estimate of drug-likeness (QED) is 0.800. The predicted octanol–water partition coefficient (Wildman–Crippen LogP) is 3.68. The molecule has 1 aromatic heterocycles. The van der Waals surface area contributed by atoms with Gasteiger partial charge in [0.2, 0.25) is 0 Å². The number of ether oxygens (including phenoxy) is 1. The Morgan fingerprint density at radius 2 is 1.91 bits per heavy atom. The molecular formula is C18H14O4. The topological polar surface area (TPSA) is 59.7 Å². The summed E-state index contributed by atoms with van der Waals surface area (Å²) in [5.74, 6) is 0.940. The number of fused-ring (bicyclic) bond motifs is 1. The third-order valence-corrected chi connectivity index (χ3v) is 3.30. The van der Waals surface area contributed by atoms with Crippen molar-refractivity contribution in [3.05, 3.63) is 70.1 Å². The van der Waals surface area contributed by atoms with Crippen molar-refractivity contribution >= 4 is 23.1 Å². The van der Waals surface area contributed by atoms with E-state index in [0.717, 1.165) is 5.56 Å². The summed E-state index contributed by atoms with van der Waals surface area (Å²) in [6, 6.07) is 13.6. The molecule has 0 aliphatic heterocycles. The van der Waals surface area contributed by atoms with Gasteiger partial charge in [-0.1, -0.05) is 24.3 Å². The molecule has 0 amide bonds. The fourth-order valence-electron chi connectivity index (χ4n) is 2.18. The monoisotopic (exact) mass is 294 g/mol. The van der Waals surface area contributed by atoms with Gasteiger partial charge in [0.15, 0.2) is 16.9 Å². The highest BCUT2D eigenvalue weighted by atomic mass is 16.5. The number of phenolic OH excluding ortho intramolecular Hbond substituents is 1. The number of aromatic hydroxyl groups is 1. The van der Waals surface area contributed by atoms with Gasteiger partial charge in [0.1, 0.15) is 11.3 Å². The van der Waals surface area contributed by atoms with Crippen LogP contribution in [0, 0.1) is 0 Å². The van der Waals surface area contributed by atoms with Crippen LogP contribution in [0.4, 0.5) is 0 Å². The molecule has 110 valence electrons. The summed E-state index contributed by atoms with van der Waals surface area (Å²) in [5.41, 5.74) is 1.30. The minimum absolute atomic E-state index is 0.0789. The number of phenols is 1. The van der Waals surface area contributed by atoms with Crippen LogP contribution in [-0.4, -0.2) is 12.2 Å². The van der Waals surface area contributed by atoms with Gasteiger partial charge in [-0.2, -0.15) is 0 Å². The molecule has 0 unspecified atom stereocenters. The standard InChI is InChI=1S/C18H14O4/c1-21-18-10-12(7-9-15(18)19)6-8-13-11-16(20)14-4-2-3-5-17(14)22-13/h2-11,19H,1H3/b8-6+. The lowest BCUT2D eigenvalue weighted by molar-refractivity contribution is 0.373. The first-order valence-electron chi connectivity index (χ1n) is 6.75. The molecule has 2 aromatic carbocycles. The van der Waals surface area contributed by atoms with E-state index in [9.17, 15) is 9.90 Å². The zero-order valence-corrected chi connectivity index (χ0v) is 11.9. The van der Waals surface area contributed by atoms with Gasteiger partial charge in [-0.25, -0.2) is 0 Å². The van der Waals surface area contributed by atoms with E-state index in [-0.39, 0.29) is 11.2 Å². The van der Waals surface area contributed by atoms with Crippen LogP contribution in [0.25, 0.3) is 23.1 Å². The van der Waals surface area contributed by atoms with Crippen LogP contribution in [0.3, 0.4) is 0 Å². The van der Waals surface area contributed by atoms with Gasteiger partial charge in [0, 0.05) is 6.07 Å². The van der Waals surface area contributed by atoms with Crippen LogP contribution >= 0.6 is 0 Å². The lowest BCUT2D eigenvalue weighted by Gasteiger charge is -2.03. The predicted molar refractivity (Wildman–Crippen MR) is 86.1 cm³/mol. The van der Waals surface area contributed by atoms with Gasteiger partial charge in [0.25, 0.3) is 0 Å². The number of benzene rings is 2. The van der Waals surface area contributed by atoms with Gasteiger partial charge in [-0.3, -0.25) is 4.79 Å². The SMILES string of the molecule is COc1cc(/C=C/c2cc(=O)c3ccccc3o2)ccc1O. The Labute approximate surface area is 126 Å². The smallest absolute Gasteiger partial charge is 0.193 e. The normalized spacial score (nSPS) is 11.1. The molecule has 4 heteroatoms. The van der Waals surface area contributed by atoms with Crippen molar-refractivity contribution in [1.29, 1.82) is 0 Å². The molecule has 0 bridgehead atoms. The molecule has 22 heavy (non-hydrogen) atoms. The second-order valence-electron chi connectivity index (χ2n) is 4.77. The Balaban J connectivity index is 1.97. The van der Waals surface area contributed by atoms with E-state index in [1.165, 1.54) is 13.2 Å². The minimum Gasteiger partial charge on any atom is -0.504 e. The summed E-state index contributed by atoms with van der Waals surface area (Å²) in [7, 11) is 1.49. The summed E-state index contributed by atoms with van der Waals surface area (Å²) in [6.07, 6.45) is 3.49. The maximum absolute atomic E-state index is 12.0. The molecule has 0 saturated carbocycles. The summed E-state index contributed by atoms with van der Waals surface area (Å²) in [4.78, 5) is 12.0. The number of hydrogen-bond acceptors (Lipinski definition) is 4. The number of para-hydroxylation sites is 1. The minimum atomic E-state index is -0.0789. The zero-order valence-electron chi connectivity index (χ0n) is 11.9. The summed E-state index contributed by atoms with van der Waals surface area (Å²) < 4.78 is 10.7. The first kappa shape index (κ1) is 13.9. The van der Waals surface area contributed by atoms with Gasteiger partial charge in [-0.15, -0.1) is 0 Å². The number of hydrogen-bond donors (Lipinski definition) is 1. The number of rotatable bonds is 3. The molecule has 0 aliphatic carbocycles. The highest BCUT2D eigenvalue weighted by Gasteiger charge is 2.03. The summed E-state index contributed by atoms with van der Waals surface area (Å²) in [6.45, 7) is 0. The molecule has 1 N–H and O–H groups in total.